The van der Waals surface area contributed by atoms with Gasteiger partial charge in [-0.1, -0.05) is 27.7 Å². The number of likely N-dealkylation sites (N-methyl/N-ethyl adjacent to an activating group) is 1. The average molecular weight is 294 g/mol. The van der Waals surface area contributed by atoms with Gasteiger partial charge in [0.05, 0.1) is 11.9 Å². The van der Waals surface area contributed by atoms with Crippen LogP contribution in [-0.2, 0) is 6.54 Å². The molecule has 0 bridgehead atoms. The van der Waals surface area contributed by atoms with Crippen molar-refractivity contribution in [3.05, 3.63) is 17.7 Å². The summed E-state index contributed by atoms with van der Waals surface area (Å²) in [6.07, 6.45) is 1.81. The van der Waals surface area contributed by atoms with Gasteiger partial charge in [0.25, 0.3) is 0 Å². The smallest absolute Gasteiger partial charge is 0.160 e. The highest BCUT2D eigenvalue weighted by Gasteiger charge is 2.11. The highest BCUT2D eigenvalue weighted by atomic mass is 16.5. The van der Waals surface area contributed by atoms with Crippen molar-refractivity contribution >= 4 is 0 Å². The third-order valence-corrected chi connectivity index (χ3v) is 3.01. The Kier molecular flexibility index (Phi) is 7.61. The molecule has 0 saturated carbocycles. The maximum Gasteiger partial charge on any atom is 0.160 e. The van der Waals surface area contributed by atoms with E-state index in [-0.39, 0.29) is 0 Å². The molecule has 1 rings (SSSR count). The first-order chi connectivity index (χ1) is 9.90. The summed E-state index contributed by atoms with van der Waals surface area (Å²) in [5.74, 6) is 2.60. The molecule has 21 heavy (non-hydrogen) atoms. The van der Waals surface area contributed by atoms with E-state index in [1.165, 1.54) is 0 Å². The van der Waals surface area contributed by atoms with Gasteiger partial charge in [0.15, 0.2) is 5.75 Å². The molecule has 5 nitrogen and oxygen atoms in total. The van der Waals surface area contributed by atoms with Crippen molar-refractivity contribution in [1.82, 2.24) is 20.2 Å². The van der Waals surface area contributed by atoms with Gasteiger partial charge in [-0.3, -0.25) is 0 Å². The first-order valence-electron chi connectivity index (χ1n) is 7.74. The number of rotatable bonds is 9. The Hall–Kier alpha value is -1.20. The number of hydrogen-bond acceptors (Lipinski definition) is 5. The van der Waals surface area contributed by atoms with Crippen LogP contribution in [-0.4, -0.2) is 48.7 Å². The van der Waals surface area contributed by atoms with E-state index in [0.717, 1.165) is 36.9 Å². The molecule has 0 unspecified atom stereocenters. The van der Waals surface area contributed by atoms with Crippen LogP contribution >= 0.6 is 0 Å². The van der Waals surface area contributed by atoms with Gasteiger partial charge in [0, 0.05) is 19.0 Å². The minimum Gasteiger partial charge on any atom is -0.489 e. The number of aromatic nitrogens is 2. The van der Waals surface area contributed by atoms with Crippen LogP contribution in [0.5, 0.6) is 5.75 Å². The van der Waals surface area contributed by atoms with Crippen molar-refractivity contribution in [3.8, 4) is 5.75 Å². The molecular formula is C16H30N4O. The van der Waals surface area contributed by atoms with Gasteiger partial charge in [-0.2, -0.15) is 0 Å². The van der Waals surface area contributed by atoms with E-state index < -0.39 is 0 Å². The topological polar surface area (TPSA) is 50.3 Å². The van der Waals surface area contributed by atoms with Gasteiger partial charge < -0.3 is 15.0 Å². The lowest BCUT2D eigenvalue weighted by Crippen LogP contribution is -2.23. The SMILES string of the molecule is CC(C)CNCc1nc(C(C)C)ncc1OCCN(C)C. The minimum absolute atomic E-state index is 0.324. The van der Waals surface area contributed by atoms with Gasteiger partial charge in [-0.05, 0) is 26.6 Å². The molecule has 0 radical (unpaired) electrons. The van der Waals surface area contributed by atoms with Gasteiger partial charge in [-0.25, -0.2) is 9.97 Å². The largest absolute Gasteiger partial charge is 0.489 e. The Labute approximate surface area is 129 Å². The molecule has 0 aliphatic carbocycles. The Morgan fingerprint density at radius 3 is 2.52 bits per heavy atom. The van der Waals surface area contributed by atoms with Crippen molar-refractivity contribution in [2.24, 2.45) is 5.92 Å². The summed E-state index contributed by atoms with van der Waals surface area (Å²) in [7, 11) is 4.07. The van der Waals surface area contributed by atoms with Gasteiger partial charge in [0.2, 0.25) is 0 Å². The van der Waals surface area contributed by atoms with Crippen LogP contribution in [0.4, 0.5) is 0 Å². The van der Waals surface area contributed by atoms with Crippen LogP contribution in [0.1, 0.15) is 45.1 Å². The lowest BCUT2D eigenvalue weighted by atomic mass is 10.2. The number of nitrogens with zero attached hydrogens (tertiary/aromatic N) is 3. The molecule has 5 heteroatoms. The van der Waals surface area contributed by atoms with Crippen LogP contribution in [0.3, 0.4) is 0 Å². The molecular weight excluding hydrogens is 264 g/mol. The Bertz CT molecular complexity index is 419. The zero-order chi connectivity index (χ0) is 15.8. The van der Waals surface area contributed by atoms with Crippen LogP contribution in [0.2, 0.25) is 0 Å². The van der Waals surface area contributed by atoms with Gasteiger partial charge in [-0.15, -0.1) is 0 Å². The first kappa shape index (κ1) is 17.9. The van der Waals surface area contributed by atoms with E-state index in [1.54, 1.807) is 0 Å². The van der Waals surface area contributed by atoms with E-state index in [9.17, 15) is 0 Å². The van der Waals surface area contributed by atoms with Crippen molar-refractivity contribution in [1.29, 1.82) is 0 Å². The maximum atomic E-state index is 5.83. The predicted octanol–water partition coefficient (Wildman–Crippen LogP) is 2.29. The van der Waals surface area contributed by atoms with E-state index in [4.69, 9.17) is 4.74 Å². The van der Waals surface area contributed by atoms with Crippen LogP contribution < -0.4 is 10.1 Å². The summed E-state index contributed by atoms with van der Waals surface area (Å²) in [4.78, 5) is 11.2. The molecule has 1 aromatic heterocycles. The fourth-order valence-electron chi connectivity index (χ4n) is 1.76. The Balaban J connectivity index is 2.74. The summed E-state index contributed by atoms with van der Waals surface area (Å²) < 4.78 is 5.83. The molecule has 0 atom stereocenters. The lowest BCUT2D eigenvalue weighted by Gasteiger charge is -2.15. The fraction of sp³-hybridized carbons (Fsp3) is 0.750. The van der Waals surface area contributed by atoms with Crippen molar-refractivity contribution < 1.29 is 4.74 Å². The summed E-state index contributed by atoms with van der Waals surface area (Å²) in [5, 5.41) is 3.43. The minimum atomic E-state index is 0.324. The molecule has 0 aliphatic heterocycles. The van der Waals surface area contributed by atoms with Crippen LogP contribution in [0.15, 0.2) is 6.20 Å². The number of nitrogens with one attached hydrogen (secondary N) is 1. The molecule has 120 valence electrons. The van der Waals surface area contributed by atoms with E-state index in [2.05, 4.69) is 47.9 Å². The normalized spacial score (nSPS) is 11.7. The third kappa shape index (κ3) is 6.87. The quantitative estimate of drug-likeness (QED) is 0.757. The summed E-state index contributed by atoms with van der Waals surface area (Å²) in [5.41, 5.74) is 0.952. The molecule has 1 N–H and O–H groups in total. The maximum absolute atomic E-state index is 5.83. The van der Waals surface area contributed by atoms with E-state index >= 15 is 0 Å². The van der Waals surface area contributed by atoms with E-state index in [1.807, 2.05) is 20.3 Å². The molecule has 0 aliphatic rings. The van der Waals surface area contributed by atoms with Crippen molar-refractivity contribution in [2.75, 3.05) is 33.8 Å². The zero-order valence-electron chi connectivity index (χ0n) is 14.3. The van der Waals surface area contributed by atoms with Crippen LogP contribution in [0, 0.1) is 5.92 Å². The highest BCUT2D eigenvalue weighted by molar-refractivity contribution is 5.25. The van der Waals surface area contributed by atoms with Gasteiger partial charge in [0.1, 0.15) is 12.4 Å². The molecule has 0 spiro atoms. The second kappa shape index (κ2) is 8.95. The molecule has 1 aromatic rings. The molecule has 0 amide bonds. The first-order valence-corrected chi connectivity index (χ1v) is 7.74. The summed E-state index contributed by atoms with van der Waals surface area (Å²) in [6.45, 7) is 11.8. The standard InChI is InChI=1S/C16H30N4O/c1-12(2)9-17-10-14-15(21-8-7-20(5)6)11-18-16(19-14)13(3)4/h11-13,17H,7-10H2,1-6H3. The summed E-state index contributed by atoms with van der Waals surface area (Å²) >= 11 is 0. The number of hydrogen-bond donors (Lipinski definition) is 1. The van der Waals surface area contributed by atoms with E-state index in [0.29, 0.717) is 18.4 Å². The highest BCUT2D eigenvalue weighted by Crippen LogP contribution is 2.18. The second-order valence-corrected chi connectivity index (χ2v) is 6.37. The van der Waals surface area contributed by atoms with Crippen LogP contribution in [0.25, 0.3) is 0 Å². The molecule has 0 fully saturated rings. The predicted molar refractivity (Wildman–Crippen MR) is 86.7 cm³/mol. The molecule has 0 aromatic carbocycles. The van der Waals surface area contributed by atoms with Gasteiger partial charge >= 0.3 is 0 Å². The zero-order valence-corrected chi connectivity index (χ0v) is 14.3. The summed E-state index contributed by atoms with van der Waals surface area (Å²) in [6, 6.07) is 0. The second-order valence-electron chi connectivity index (χ2n) is 6.37. The molecule has 0 saturated heterocycles. The Morgan fingerprint density at radius 2 is 1.95 bits per heavy atom. The van der Waals surface area contributed by atoms with Crippen molar-refractivity contribution in [2.45, 2.75) is 40.2 Å². The third-order valence-electron chi connectivity index (χ3n) is 3.01. The monoisotopic (exact) mass is 294 g/mol. The fourth-order valence-corrected chi connectivity index (χ4v) is 1.76. The van der Waals surface area contributed by atoms with Crippen molar-refractivity contribution in [3.63, 3.8) is 0 Å². The number of ether oxygens (including phenoxy) is 1. The molecule has 1 heterocycles. The Morgan fingerprint density at radius 1 is 1.24 bits per heavy atom. The average Bonchev–Trinajstić information content (AvgIpc) is 2.39. The lowest BCUT2D eigenvalue weighted by molar-refractivity contribution is 0.256.